The minimum Gasteiger partial charge on any atom is -0.354 e. The predicted octanol–water partition coefficient (Wildman–Crippen LogP) is 2.12. The van der Waals surface area contributed by atoms with E-state index in [1.54, 1.807) is 12.4 Å². The van der Waals surface area contributed by atoms with Crippen LogP contribution < -0.4 is 4.90 Å². The summed E-state index contributed by atoms with van der Waals surface area (Å²) >= 11 is 0. The summed E-state index contributed by atoms with van der Waals surface area (Å²) in [4.78, 5) is 6.08. The van der Waals surface area contributed by atoms with Crippen molar-refractivity contribution in [3.8, 4) is 0 Å². The molecule has 0 fully saturated rings. The molecular formula is C13H16N4. The van der Waals surface area contributed by atoms with Crippen LogP contribution >= 0.6 is 0 Å². The van der Waals surface area contributed by atoms with Gasteiger partial charge in [0.1, 0.15) is 0 Å². The van der Waals surface area contributed by atoms with Gasteiger partial charge in [-0.05, 0) is 43.2 Å². The van der Waals surface area contributed by atoms with Gasteiger partial charge in [0, 0.05) is 26.0 Å². The average Bonchev–Trinajstić information content (AvgIpc) is 2.34. The van der Waals surface area contributed by atoms with Crippen molar-refractivity contribution < 1.29 is 0 Å². The highest BCUT2D eigenvalue weighted by Gasteiger charge is 2.05. The molecule has 2 aromatic rings. The summed E-state index contributed by atoms with van der Waals surface area (Å²) < 4.78 is 0. The number of hydrogen-bond donors (Lipinski definition) is 0. The van der Waals surface area contributed by atoms with Crippen LogP contribution in [0.1, 0.15) is 16.8 Å². The molecule has 0 atom stereocenters. The summed E-state index contributed by atoms with van der Waals surface area (Å²) in [6, 6.07) is 6.07. The molecule has 2 aromatic heterocycles. The molecule has 0 aliphatic heterocycles. The van der Waals surface area contributed by atoms with Crippen molar-refractivity contribution >= 4 is 5.82 Å². The number of aryl methyl sites for hydroxylation is 2. The smallest absolute Gasteiger partial charge is 0.151 e. The fraction of sp³-hybridized carbons (Fsp3) is 0.308. The molecule has 0 bridgehead atoms. The Hall–Kier alpha value is -1.97. The van der Waals surface area contributed by atoms with Crippen LogP contribution in [-0.4, -0.2) is 22.2 Å². The standard InChI is InChI=1S/C13H16N4/c1-10-8-13(16-15-11(10)2)17(3)9-12-4-6-14-7-5-12/h4-8H,9H2,1-3H3. The van der Waals surface area contributed by atoms with Crippen LogP contribution in [0.2, 0.25) is 0 Å². The van der Waals surface area contributed by atoms with E-state index >= 15 is 0 Å². The van der Waals surface area contributed by atoms with E-state index in [0.29, 0.717) is 0 Å². The molecule has 0 unspecified atom stereocenters. The normalized spacial score (nSPS) is 10.3. The zero-order chi connectivity index (χ0) is 12.3. The Morgan fingerprint density at radius 1 is 1.12 bits per heavy atom. The second-order valence-electron chi connectivity index (χ2n) is 4.18. The second kappa shape index (κ2) is 4.91. The van der Waals surface area contributed by atoms with Gasteiger partial charge >= 0.3 is 0 Å². The fourth-order valence-corrected chi connectivity index (χ4v) is 1.56. The van der Waals surface area contributed by atoms with Crippen molar-refractivity contribution in [2.45, 2.75) is 20.4 Å². The van der Waals surface area contributed by atoms with Crippen LogP contribution in [0, 0.1) is 13.8 Å². The fourth-order valence-electron chi connectivity index (χ4n) is 1.56. The predicted molar refractivity (Wildman–Crippen MR) is 67.9 cm³/mol. The molecule has 0 aliphatic rings. The monoisotopic (exact) mass is 228 g/mol. The number of rotatable bonds is 3. The first kappa shape index (κ1) is 11.5. The van der Waals surface area contributed by atoms with E-state index in [0.717, 1.165) is 23.6 Å². The molecule has 0 saturated heterocycles. The first-order valence-corrected chi connectivity index (χ1v) is 5.58. The summed E-state index contributed by atoms with van der Waals surface area (Å²) in [5.74, 6) is 0.893. The number of aromatic nitrogens is 3. The highest BCUT2D eigenvalue weighted by Crippen LogP contribution is 2.14. The van der Waals surface area contributed by atoms with Crippen LogP contribution in [0.3, 0.4) is 0 Å². The maximum absolute atomic E-state index is 4.20. The Morgan fingerprint density at radius 3 is 2.47 bits per heavy atom. The molecule has 0 N–H and O–H groups in total. The van der Waals surface area contributed by atoms with Crippen molar-refractivity contribution in [3.63, 3.8) is 0 Å². The van der Waals surface area contributed by atoms with E-state index in [9.17, 15) is 0 Å². The maximum atomic E-state index is 4.20. The van der Waals surface area contributed by atoms with E-state index in [2.05, 4.69) is 26.1 Å². The molecule has 0 saturated carbocycles. The van der Waals surface area contributed by atoms with Crippen LogP contribution in [0.5, 0.6) is 0 Å². The molecule has 2 rings (SSSR count). The molecule has 88 valence electrons. The maximum Gasteiger partial charge on any atom is 0.151 e. The van der Waals surface area contributed by atoms with E-state index in [1.165, 1.54) is 5.56 Å². The zero-order valence-electron chi connectivity index (χ0n) is 10.4. The van der Waals surface area contributed by atoms with Crippen molar-refractivity contribution in [3.05, 3.63) is 47.4 Å². The molecule has 4 heteroatoms. The van der Waals surface area contributed by atoms with Crippen molar-refractivity contribution in [2.75, 3.05) is 11.9 Å². The van der Waals surface area contributed by atoms with Gasteiger partial charge in [-0.3, -0.25) is 4.98 Å². The van der Waals surface area contributed by atoms with Gasteiger partial charge in [-0.15, -0.1) is 5.10 Å². The third kappa shape index (κ3) is 2.78. The van der Waals surface area contributed by atoms with Gasteiger partial charge < -0.3 is 4.90 Å². The number of nitrogens with zero attached hydrogens (tertiary/aromatic N) is 4. The summed E-state index contributed by atoms with van der Waals surface area (Å²) in [5.41, 5.74) is 3.35. The highest BCUT2D eigenvalue weighted by molar-refractivity contribution is 5.40. The Balaban J connectivity index is 2.14. The average molecular weight is 228 g/mol. The SMILES string of the molecule is Cc1cc(N(C)Cc2ccncc2)nnc1C. The molecule has 2 heterocycles. The Labute approximate surface area is 101 Å². The molecule has 0 aromatic carbocycles. The van der Waals surface area contributed by atoms with E-state index in [-0.39, 0.29) is 0 Å². The first-order chi connectivity index (χ1) is 8.16. The minimum absolute atomic E-state index is 0.805. The van der Waals surface area contributed by atoms with Gasteiger partial charge in [0.05, 0.1) is 5.69 Å². The largest absolute Gasteiger partial charge is 0.354 e. The van der Waals surface area contributed by atoms with E-state index < -0.39 is 0 Å². The molecule has 0 spiro atoms. The molecule has 0 radical (unpaired) electrons. The first-order valence-electron chi connectivity index (χ1n) is 5.58. The lowest BCUT2D eigenvalue weighted by molar-refractivity contribution is 0.849. The lowest BCUT2D eigenvalue weighted by atomic mass is 10.2. The topological polar surface area (TPSA) is 41.9 Å². The third-order valence-corrected chi connectivity index (χ3v) is 2.78. The van der Waals surface area contributed by atoms with Gasteiger partial charge in [0.25, 0.3) is 0 Å². The highest BCUT2D eigenvalue weighted by atomic mass is 15.2. The quantitative estimate of drug-likeness (QED) is 0.807. The number of pyridine rings is 1. The van der Waals surface area contributed by atoms with Gasteiger partial charge in [-0.25, -0.2) is 0 Å². The second-order valence-corrected chi connectivity index (χ2v) is 4.18. The van der Waals surface area contributed by atoms with E-state index in [1.807, 2.05) is 33.0 Å². The Bertz CT molecular complexity index is 496. The van der Waals surface area contributed by atoms with Crippen LogP contribution in [0.25, 0.3) is 0 Å². The van der Waals surface area contributed by atoms with Gasteiger partial charge in [-0.2, -0.15) is 5.10 Å². The lowest BCUT2D eigenvalue weighted by Crippen LogP contribution is -2.18. The summed E-state index contributed by atoms with van der Waals surface area (Å²) in [6.07, 6.45) is 3.60. The zero-order valence-corrected chi connectivity index (χ0v) is 10.4. The lowest BCUT2D eigenvalue weighted by Gasteiger charge is -2.18. The van der Waals surface area contributed by atoms with Crippen LogP contribution in [-0.2, 0) is 6.54 Å². The number of hydrogen-bond acceptors (Lipinski definition) is 4. The van der Waals surface area contributed by atoms with Crippen LogP contribution in [0.15, 0.2) is 30.6 Å². The summed E-state index contributed by atoms with van der Waals surface area (Å²) in [6.45, 7) is 4.82. The number of anilines is 1. The molecule has 17 heavy (non-hydrogen) atoms. The minimum atomic E-state index is 0.805. The summed E-state index contributed by atoms with van der Waals surface area (Å²) in [5, 5.41) is 8.33. The molecule has 0 aliphatic carbocycles. The van der Waals surface area contributed by atoms with Crippen LogP contribution in [0.4, 0.5) is 5.82 Å². The molecular weight excluding hydrogens is 212 g/mol. The van der Waals surface area contributed by atoms with Gasteiger partial charge in [0.2, 0.25) is 0 Å². The third-order valence-electron chi connectivity index (χ3n) is 2.78. The van der Waals surface area contributed by atoms with Crippen molar-refractivity contribution in [1.82, 2.24) is 15.2 Å². The van der Waals surface area contributed by atoms with E-state index in [4.69, 9.17) is 0 Å². The Morgan fingerprint density at radius 2 is 1.82 bits per heavy atom. The molecule has 4 nitrogen and oxygen atoms in total. The van der Waals surface area contributed by atoms with Gasteiger partial charge in [0.15, 0.2) is 5.82 Å². The summed E-state index contributed by atoms with van der Waals surface area (Å²) in [7, 11) is 2.01. The molecule has 0 amide bonds. The van der Waals surface area contributed by atoms with Crippen molar-refractivity contribution in [1.29, 1.82) is 0 Å². The Kier molecular flexibility index (Phi) is 3.32. The van der Waals surface area contributed by atoms with Crippen molar-refractivity contribution in [2.24, 2.45) is 0 Å². The van der Waals surface area contributed by atoms with Gasteiger partial charge in [-0.1, -0.05) is 0 Å².